The molecule has 83 heavy (non-hydrogen) atoms. The van der Waals surface area contributed by atoms with Gasteiger partial charge < -0.3 is 15.2 Å². The number of pyridine rings is 2. The number of benzene rings is 4. The van der Waals surface area contributed by atoms with Crippen LogP contribution in [0.3, 0.4) is 0 Å². The zero-order valence-electron chi connectivity index (χ0n) is 44.7. The molecule has 0 unspecified atom stereocenters. The highest BCUT2D eigenvalue weighted by atomic mass is 35.5. The third-order valence-electron chi connectivity index (χ3n) is 12.3. The van der Waals surface area contributed by atoms with Crippen LogP contribution in [0.1, 0.15) is 83.5 Å². The van der Waals surface area contributed by atoms with Crippen LogP contribution in [-0.4, -0.2) is 66.7 Å². The van der Waals surface area contributed by atoms with Gasteiger partial charge in [-0.3, -0.25) is 28.5 Å². The maximum absolute atomic E-state index is 13.5. The van der Waals surface area contributed by atoms with E-state index < -0.39 is 34.1 Å². The lowest BCUT2D eigenvalue weighted by molar-refractivity contribution is 0.0974. The SMILES string of the molecule is CC(C)n1cc(-c2ccc(F)cc2)c(=O)c(C(=O)Cc2ncc(Oc3ccnc(N)c3Cl)cn2)n1.CC(C)n1cc(-c2ccc(F)cc2)c(=O)c(C(=O)Cc2ncc(Oc3ccnc(N=C(c4ccccc4)c4ccccc4)c3Cl)cn2)n1. The monoisotopic (exact) mass is 1150 g/mol. The Kier molecular flexibility index (Phi) is 18.1. The molecule has 416 valence electrons. The van der Waals surface area contributed by atoms with Crippen LogP contribution in [0.15, 0.2) is 185 Å². The number of ether oxygens (including phenoxy) is 2. The van der Waals surface area contributed by atoms with Gasteiger partial charge in [-0.05, 0) is 63.1 Å². The molecule has 0 saturated carbocycles. The van der Waals surface area contributed by atoms with Crippen molar-refractivity contribution < 1.29 is 27.8 Å². The molecule has 10 aromatic rings. The molecule has 18 nitrogen and oxygen atoms in total. The van der Waals surface area contributed by atoms with Gasteiger partial charge in [-0.25, -0.2) is 43.7 Å². The maximum atomic E-state index is 13.5. The first-order valence-electron chi connectivity index (χ1n) is 25.6. The van der Waals surface area contributed by atoms with E-state index in [1.54, 1.807) is 24.7 Å². The molecule has 0 aliphatic rings. The second-order valence-electron chi connectivity index (χ2n) is 18.8. The average molecular weight is 1150 g/mol. The van der Waals surface area contributed by atoms with Crippen molar-refractivity contribution in [2.75, 3.05) is 5.73 Å². The zero-order chi connectivity index (χ0) is 58.7. The molecule has 6 heterocycles. The Morgan fingerprint density at radius 3 is 1.36 bits per heavy atom. The summed E-state index contributed by atoms with van der Waals surface area (Å²) >= 11 is 12.8. The summed E-state index contributed by atoms with van der Waals surface area (Å²) in [6.07, 6.45) is 11.1. The van der Waals surface area contributed by atoms with Gasteiger partial charge in [0.15, 0.2) is 51.8 Å². The van der Waals surface area contributed by atoms with E-state index in [0.717, 1.165) is 11.1 Å². The molecule has 0 atom stereocenters. The lowest BCUT2D eigenvalue weighted by atomic mass is 10.0. The van der Waals surface area contributed by atoms with E-state index in [-0.39, 0.29) is 104 Å². The number of nitrogens with two attached hydrogens (primary N) is 1. The molecule has 0 fully saturated rings. The fourth-order valence-electron chi connectivity index (χ4n) is 7.95. The molecule has 2 N–H and O–H groups in total. The number of Topliss-reactive ketones (excluding diaryl/α,β-unsaturated/α-hetero) is 2. The van der Waals surface area contributed by atoms with Crippen molar-refractivity contribution in [3.05, 3.63) is 247 Å². The van der Waals surface area contributed by atoms with Gasteiger partial charge in [-0.1, -0.05) is 108 Å². The van der Waals surface area contributed by atoms with Crippen molar-refractivity contribution in [2.45, 2.75) is 52.6 Å². The third-order valence-corrected chi connectivity index (χ3v) is 13.0. The standard InChI is InChI=1S/C37H28ClFN6O3.C24H20ClFN6O3/c1-23(2)45-22-29(24-13-15-27(39)16-14-24)36(47)35(44-45)30(46)19-32-41-20-28(21-42-32)48-31-17-18-40-37(33(31)38)43-34(25-9-5-3-6-10-25)26-11-7-4-8-12-26;1-13(2)32-12-17(14-3-5-15(26)6-4-14)23(34)22(31-32)18(33)9-20-29-10-16(11-30-20)35-19-7-8-28-24(27)21(19)25/h3-18,20-23H,19H2,1-2H3;3-8,10-13H,9H2,1-2H3,(H2,27,28). The maximum Gasteiger partial charge on any atom is 0.219 e. The number of carbonyl (C=O) groups is 2. The molecule has 0 radical (unpaired) electrons. The minimum absolute atomic E-state index is 0.120. The number of carbonyl (C=O) groups excluding carboxylic acids is 2. The summed E-state index contributed by atoms with van der Waals surface area (Å²) in [5, 5.41) is 8.86. The fourth-order valence-corrected chi connectivity index (χ4v) is 8.29. The molecule has 0 bridgehead atoms. The number of aromatic nitrogens is 10. The average Bonchev–Trinajstić information content (AvgIpc) is 3.56. The molecule has 0 amide bonds. The Bertz CT molecular complexity index is 4080. The van der Waals surface area contributed by atoms with Crippen LogP contribution >= 0.6 is 23.2 Å². The third kappa shape index (κ3) is 14.1. The quantitative estimate of drug-likeness (QED) is 0.0659. The van der Waals surface area contributed by atoms with Gasteiger partial charge in [0.25, 0.3) is 0 Å². The lowest BCUT2D eigenvalue weighted by Gasteiger charge is -2.13. The van der Waals surface area contributed by atoms with Crippen molar-refractivity contribution in [1.29, 1.82) is 0 Å². The first-order chi connectivity index (χ1) is 40.0. The van der Waals surface area contributed by atoms with E-state index in [1.165, 1.54) is 94.9 Å². The molecule has 4 aromatic carbocycles. The van der Waals surface area contributed by atoms with Crippen molar-refractivity contribution in [1.82, 2.24) is 49.5 Å². The Morgan fingerprint density at radius 2 is 0.952 bits per heavy atom. The van der Waals surface area contributed by atoms with Crippen molar-refractivity contribution in [3.8, 4) is 45.3 Å². The highest BCUT2D eigenvalue weighted by Gasteiger charge is 2.23. The van der Waals surface area contributed by atoms with Gasteiger partial charge in [-0.15, -0.1) is 0 Å². The number of anilines is 1. The summed E-state index contributed by atoms with van der Waals surface area (Å²) < 4.78 is 41.5. The van der Waals surface area contributed by atoms with Crippen LogP contribution in [-0.2, 0) is 12.8 Å². The topological polar surface area (TPSA) is 238 Å². The second kappa shape index (κ2) is 26.0. The fraction of sp³-hybridized carbons (Fsp3) is 0.131. The van der Waals surface area contributed by atoms with Crippen LogP contribution in [0.5, 0.6) is 23.0 Å². The molecule has 0 saturated heterocycles. The van der Waals surface area contributed by atoms with Crippen LogP contribution in [0, 0.1) is 11.6 Å². The Morgan fingerprint density at radius 1 is 0.554 bits per heavy atom. The summed E-state index contributed by atoms with van der Waals surface area (Å²) in [5.74, 6) is -0.141. The van der Waals surface area contributed by atoms with Crippen molar-refractivity contribution in [2.24, 2.45) is 4.99 Å². The van der Waals surface area contributed by atoms with Crippen molar-refractivity contribution >= 4 is 52.1 Å². The number of hydrogen-bond acceptors (Lipinski definition) is 16. The van der Waals surface area contributed by atoms with Gasteiger partial charge in [-0.2, -0.15) is 10.2 Å². The largest absolute Gasteiger partial charge is 0.452 e. The zero-order valence-corrected chi connectivity index (χ0v) is 46.2. The minimum atomic E-state index is -0.558. The Hall–Kier alpha value is -10.1. The van der Waals surface area contributed by atoms with E-state index in [0.29, 0.717) is 16.8 Å². The summed E-state index contributed by atoms with van der Waals surface area (Å²) in [5.41, 5.74) is 7.98. The van der Waals surface area contributed by atoms with E-state index in [4.69, 9.17) is 43.4 Å². The lowest BCUT2D eigenvalue weighted by Crippen LogP contribution is -2.26. The molecule has 0 spiro atoms. The number of nitrogen functional groups attached to an aromatic ring is 1. The van der Waals surface area contributed by atoms with Crippen LogP contribution in [0.2, 0.25) is 10.0 Å². The number of aliphatic imine (C=N–C) groups is 1. The predicted octanol–water partition coefficient (Wildman–Crippen LogP) is 12.1. The normalized spacial score (nSPS) is 11.0. The van der Waals surface area contributed by atoms with Gasteiger partial charge in [0.2, 0.25) is 10.9 Å². The number of rotatable bonds is 17. The van der Waals surface area contributed by atoms with E-state index in [2.05, 4.69) is 40.1 Å². The smallest absolute Gasteiger partial charge is 0.219 e. The first kappa shape index (κ1) is 57.6. The van der Waals surface area contributed by atoms with Gasteiger partial charge in [0.1, 0.15) is 39.1 Å². The van der Waals surface area contributed by atoms with Gasteiger partial charge in [0, 0.05) is 71.3 Å². The van der Waals surface area contributed by atoms with Gasteiger partial charge >= 0.3 is 0 Å². The number of hydrogen-bond donors (Lipinski definition) is 1. The predicted molar refractivity (Wildman–Crippen MR) is 310 cm³/mol. The Labute approximate surface area is 483 Å². The van der Waals surface area contributed by atoms with Crippen LogP contribution in [0.25, 0.3) is 22.3 Å². The molecule has 10 rings (SSSR count). The minimum Gasteiger partial charge on any atom is -0.452 e. The summed E-state index contributed by atoms with van der Waals surface area (Å²) in [6.45, 7) is 7.48. The highest BCUT2D eigenvalue weighted by Crippen LogP contribution is 2.36. The van der Waals surface area contributed by atoms with Gasteiger partial charge in [0.05, 0.1) is 43.3 Å². The van der Waals surface area contributed by atoms with Crippen LogP contribution in [0.4, 0.5) is 20.4 Å². The first-order valence-corrected chi connectivity index (χ1v) is 26.3. The summed E-state index contributed by atoms with van der Waals surface area (Å²) in [7, 11) is 0. The number of ketones is 2. The van der Waals surface area contributed by atoms with E-state index in [1.807, 2.05) is 88.4 Å². The molecule has 22 heteroatoms. The second-order valence-corrected chi connectivity index (χ2v) is 19.6. The molecule has 0 aliphatic carbocycles. The van der Waals surface area contributed by atoms with Crippen LogP contribution < -0.4 is 26.1 Å². The van der Waals surface area contributed by atoms with Crippen molar-refractivity contribution in [3.63, 3.8) is 0 Å². The van der Waals surface area contributed by atoms with E-state index in [9.17, 15) is 28.0 Å². The highest BCUT2D eigenvalue weighted by molar-refractivity contribution is 6.34. The molecular formula is C61H48Cl2F2N12O6. The Balaban J connectivity index is 0.000000210. The van der Waals surface area contributed by atoms with E-state index >= 15 is 0 Å². The summed E-state index contributed by atoms with van der Waals surface area (Å²) in [4.78, 5) is 82.6. The summed E-state index contributed by atoms with van der Waals surface area (Å²) in [6, 6.07) is 33.3. The molecule has 6 aromatic heterocycles. The molecule has 0 aliphatic heterocycles. The number of nitrogens with zero attached hydrogens (tertiary/aromatic N) is 11. The molecular weight excluding hydrogens is 1110 g/mol. The number of halogens is 4.